The Bertz CT molecular complexity index is 848. The molecule has 0 N–H and O–H groups in total. The Labute approximate surface area is 151 Å². The molecule has 1 fully saturated rings. The molecule has 140 valence electrons. The maximum absolute atomic E-state index is 13.6. The second kappa shape index (κ2) is 7.96. The number of hydrogen-bond acceptors (Lipinski definition) is 6. The van der Waals surface area contributed by atoms with Gasteiger partial charge in [0.05, 0.1) is 13.7 Å². The molecule has 1 aliphatic heterocycles. The van der Waals surface area contributed by atoms with Gasteiger partial charge in [-0.15, -0.1) is 0 Å². The minimum atomic E-state index is -3.86. The van der Waals surface area contributed by atoms with E-state index in [1.165, 1.54) is 23.5 Å². The van der Waals surface area contributed by atoms with Crippen LogP contribution in [0.5, 0.6) is 11.8 Å². The van der Waals surface area contributed by atoms with Crippen LogP contribution < -0.4 is 9.47 Å². The first-order chi connectivity index (χ1) is 12.5. The van der Waals surface area contributed by atoms with Gasteiger partial charge in [-0.1, -0.05) is 0 Å². The molecule has 0 aliphatic carbocycles. The quantitative estimate of drug-likeness (QED) is 0.762. The molecule has 0 amide bonds. The fourth-order valence-electron chi connectivity index (χ4n) is 2.92. The van der Waals surface area contributed by atoms with Crippen molar-refractivity contribution in [1.82, 2.24) is 14.3 Å². The van der Waals surface area contributed by atoms with Gasteiger partial charge >= 0.3 is 6.01 Å². The van der Waals surface area contributed by atoms with E-state index < -0.39 is 15.8 Å². The molecule has 3 rings (SSSR count). The second-order valence-corrected chi connectivity index (χ2v) is 7.92. The van der Waals surface area contributed by atoms with Crippen LogP contribution in [0.15, 0.2) is 41.6 Å². The number of sulfonamides is 1. The van der Waals surface area contributed by atoms with E-state index in [9.17, 15) is 12.8 Å². The minimum absolute atomic E-state index is 0.00175. The fraction of sp³-hybridized carbons (Fsp3) is 0.412. The van der Waals surface area contributed by atoms with Crippen LogP contribution in [0.25, 0.3) is 0 Å². The molecule has 1 atom stereocenters. The van der Waals surface area contributed by atoms with Gasteiger partial charge in [-0.25, -0.2) is 22.8 Å². The van der Waals surface area contributed by atoms with Crippen molar-refractivity contribution in [3.8, 4) is 11.8 Å². The van der Waals surface area contributed by atoms with E-state index in [2.05, 4.69) is 9.97 Å². The zero-order chi connectivity index (χ0) is 18.6. The van der Waals surface area contributed by atoms with E-state index in [1.807, 2.05) is 0 Å². The molecule has 2 heterocycles. The van der Waals surface area contributed by atoms with Crippen LogP contribution in [0.1, 0.15) is 12.8 Å². The molecule has 1 aromatic heterocycles. The summed E-state index contributed by atoms with van der Waals surface area (Å²) in [5.41, 5.74) is 0. The van der Waals surface area contributed by atoms with Crippen LogP contribution in [0.2, 0.25) is 0 Å². The van der Waals surface area contributed by atoms with E-state index in [4.69, 9.17) is 9.47 Å². The third-order valence-electron chi connectivity index (χ3n) is 4.22. The van der Waals surface area contributed by atoms with Gasteiger partial charge in [0.15, 0.2) is 0 Å². The van der Waals surface area contributed by atoms with Gasteiger partial charge in [-0.05, 0) is 37.1 Å². The summed E-state index contributed by atoms with van der Waals surface area (Å²) in [6.07, 6.45) is 4.69. The molecule has 0 spiro atoms. The third kappa shape index (κ3) is 4.10. The standard InChI is InChI=1S/C17H20FN3O4S/c1-24-15-6-5-14(18)10-16(15)26(22,23)21-9-2-4-13(11-21)12-25-17-19-7-3-8-20-17/h3,5-8,10,13H,2,4,9,11-12H2,1H3. The van der Waals surface area contributed by atoms with Crippen LogP contribution in [0.3, 0.4) is 0 Å². The largest absolute Gasteiger partial charge is 0.495 e. The highest BCUT2D eigenvalue weighted by molar-refractivity contribution is 7.89. The lowest BCUT2D eigenvalue weighted by Gasteiger charge is -2.31. The Morgan fingerprint density at radius 2 is 2.08 bits per heavy atom. The Balaban J connectivity index is 1.73. The van der Waals surface area contributed by atoms with Crippen LogP contribution >= 0.6 is 0 Å². The van der Waals surface area contributed by atoms with E-state index in [1.54, 1.807) is 18.5 Å². The topological polar surface area (TPSA) is 81.6 Å². The molecule has 1 aliphatic rings. The predicted octanol–water partition coefficient (Wildman–Crippen LogP) is 2.10. The van der Waals surface area contributed by atoms with E-state index in [0.29, 0.717) is 19.6 Å². The number of methoxy groups -OCH3 is 1. The summed E-state index contributed by atoms with van der Waals surface area (Å²) in [4.78, 5) is 7.82. The van der Waals surface area contributed by atoms with Gasteiger partial charge < -0.3 is 9.47 Å². The first-order valence-electron chi connectivity index (χ1n) is 8.24. The Kier molecular flexibility index (Phi) is 5.67. The number of nitrogens with zero attached hydrogens (tertiary/aromatic N) is 3. The predicted molar refractivity (Wildman–Crippen MR) is 92.0 cm³/mol. The molecular weight excluding hydrogens is 361 g/mol. The lowest BCUT2D eigenvalue weighted by Crippen LogP contribution is -2.41. The highest BCUT2D eigenvalue weighted by Crippen LogP contribution is 2.30. The molecule has 9 heteroatoms. The average molecular weight is 381 g/mol. The number of hydrogen-bond donors (Lipinski definition) is 0. The smallest absolute Gasteiger partial charge is 0.316 e. The summed E-state index contributed by atoms with van der Waals surface area (Å²) in [5.74, 6) is -0.494. The summed E-state index contributed by atoms with van der Waals surface area (Å²) < 4.78 is 51.5. The number of ether oxygens (including phenoxy) is 2. The highest BCUT2D eigenvalue weighted by Gasteiger charge is 2.33. The lowest BCUT2D eigenvalue weighted by atomic mass is 10.0. The molecule has 1 aromatic carbocycles. The zero-order valence-corrected chi connectivity index (χ0v) is 15.2. The Morgan fingerprint density at radius 3 is 2.81 bits per heavy atom. The fourth-order valence-corrected chi connectivity index (χ4v) is 4.65. The van der Waals surface area contributed by atoms with Crippen molar-refractivity contribution in [2.24, 2.45) is 5.92 Å². The van der Waals surface area contributed by atoms with Crippen molar-refractivity contribution < 1.29 is 22.3 Å². The normalized spacial score (nSPS) is 18.5. The van der Waals surface area contributed by atoms with Crippen molar-refractivity contribution in [1.29, 1.82) is 0 Å². The summed E-state index contributed by atoms with van der Waals surface area (Å²) in [5, 5.41) is 0. The number of halogens is 1. The molecule has 0 bridgehead atoms. The van der Waals surface area contributed by atoms with Crippen molar-refractivity contribution in [2.45, 2.75) is 17.7 Å². The van der Waals surface area contributed by atoms with Crippen LogP contribution in [0, 0.1) is 11.7 Å². The first kappa shape index (κ1) is 18.5. The van der Waals surface area contributed by atoms with Gasteiger partial charge in [0.25, 0.3) is 0 Å². The molecule has 7 nitrogen and oxygen atoms in total. The van der Waals surface area contributed by atoms with Crippen molar-refractivity contribution in [3.05, 3.63) is 42.5 Å². The number of rotatable bonds is 6. The molecule has 1 unspecified atom stereocenters. The second-order valence-electron chi connectivity index (χ2n) is 6.01. The molecule has 1 saturated heterocycles. The molecular formula is C17H20FN3O4S. The van der Waals surface area contributed by atoms with E-state index >= 15 is 0 Å². The lowest BCUT2D eigenvalue weighted by molar-refractivity contribution is 0.171. The Hall–Kier alpha value is -2.26. The first-order valence-corrected chi connectivity index (χ1v) is 9.68. The average Bonchev–Trinajstić information content (AvgIpc) is 2.67. The molecule has 0 radical (unpaired) electrons. The van der Waals surface area contributed by atoms with Crippen molar-refractivity contribution in [3.63, 3.8) is 0 Å². The van der Waals surface area contributed by atoms with Crippen molar-refractivity contribution >= 4 is 10.0 Å². The van der Waals surface area contributed by atoms with Crippen molar-refractivity contribution in [2.75, 3.05) is 26.8 Å². The number of benzene rings is 1. The summed E-state index contributed by atoms with van der Waals surface area (Å²) in [6.45, 7) is 0.978. The minimum Gasteiger partial charge on any atom is -0.495 e. The van der Waals surface area contributed by atoms with Gasteiger partial charge in [-0.3, -0.25) is 0 Å². The monoisotopic (exact) mass is 381 g/mol. The molecule has 26 heavy (non-hydrogen) atoms. The summed E-state index contributed by atoms with van der Waals surface area (Å²) in [6, 6.07) is 5.43. The van der Waals surface area contributed by atoms with E-state index in [-0.39, 0.29) is 29.1 Å². The SMILES string of the molecule is COc1ccc(F)cc1S(=O)(=O)N1CCCC(COc2ncccn2)C1. The van der Waals surface area contributed by atoms with Gasteiger partial charge in [0.1, 0.15) is 16.5 Å². The van der Waals surface area contributed by atoms with Crippen LogP contribution in [0.4, 0.5) is 4.39 Å². The molecule has 0 saturated carbocycles. The maximum atomic E-state index is 13.6. The zero-order valence-electron chi connectivity index (χ0n) is 14.3. The Morgan fingerprint density at radius 1 is 1.31 bits per heavy atom. The molecule has 2 aromatic rings. The number of aromatic nitrogens is 2. The van der Waals surface area contributed by atoms with E-state index in [0.717, 1.165) is 12.5 Å². The number of piperidine rings is 1. The van der Waals surface area contributed by atoms with Crippen LogP contribution in [-0.4, -0.2) is 49.5 Å². The van der Waals surface area contributed by atoms with Crippen LogP contribution in [-0.2, 0) is 10.0 Å². The summed E-state index contributed by atoms with van der Waals surface area (Å²) in [7, 11) is -2.50. The third-order valence-corrected chi connectivity index (χ3v) is 6.10. The summed E-state index contributed by atoms with van der Waals surface area (Å²) >= 11 is 0. The van der Waals surface area contributed by atoms with Gasteiger partial charge in [-0.2, -0.15) is 4.31 Å². The van der Waals surface area contributed by atoms with Gasteiger partial charge in [0, 0.05) is 31.4 Å². The highest BCUT2D eigenvalue weighted by atomic mass is 32.2. The maximum Gasteiger partial charge on any atom is 0.316 e. The van der Waals surface area contributed by atoms with Gasteiger partial charge in [0.2, 0.25) is 10.0 Å².